The second kappa shape index (κ2) is 8.84. The van der Waals surface area contributed by atoms with Crippen LogP contribution in [0, 0.1) is 6.92 Å². The normalized spacial score (nSPS) is 14.9. The molecular weight excluding hydrogens is 380 g/mol. The maximum atomic E-state index is 13.3. The molecule has 2 aromatic carbocycles. The van der Waals surface area contributed by atoms with E-state index in [1.807, 2.05) is 46.1 Å². The van der Waals surface area contributed by atoms with Gasteiger partial charge in [0.1, 0.15) is 5.69 Å². The Kier molecular flexibility index (Phi) is 6.02. The van der Waals surface area contributed by atoms with Gasteiger partial charge in [0.15, 0.2) is 5.16 Å². The van der Waals surface area contributed by atoms with E-state index in [0.717, 1.165) is 43.6 Å². The summed E-state index contributed by atoms with van der Waals surface area (Å²) in [6.45, 7) is 6.33. The zero-order valence-corrected chi connectivity index (χ0v) is 17.7. The van der Waals surface area contributed by atoms with Crippen molar-refractivity contribution in [2.75, 3.05) is 32.4 Å². The minimum atomic E-state index is 0.0530. The van der Waals surface area contributed by atoms with Crippen molar-refractivity contribution in [3.8, 4) is 5.69 Å². The van der Waals surface area contributed by atoms with E-state index < -0.39 is 0 Å². The lowest BCUT2D eigenvalue weighted by molar-refractivity contribution is 0.0619. The van der Waals surface area contributed by atoms with Crippen LogP contribution in [0.1, 0.15) is 21.6 Å². The van der Waals surface area contributed by atoms with Gasteiger partial charge in [0.25, 0.3) is 5.91 Å². The second-order valence-corrected chi connectivity index (χ2v) is 8.07. The van der Waals surface area contributed by atoms with Crippen LogP contribution in [0.25, 0.3) is 5.69 Å². The van der Waals surface area contributed by atoms with E-state index in [1.165, 1.54) is 11.1 Å². The number of carbonyl (C=O) groups excluding carboxylic acids is 1. The summed E-state index contributed by atoms with van der Waals surface area (Å²) in [7, 11) is 0. The fourth-order valence-electron chi connectivity index (χ4n) is 3.76. The van der Waals surface area contributed by atoms with Gasteiger partial charge < -0.3 is 4.90 Å². The number of imidazole rings is 1. The number of hydrogen-bond acceptors (Lipinski definition) is 4. The van der Waals surface area contributed by atoms with Gasteiger partial charge in [0.2, 0.25) is 0 Å². The van der Waals surface area contributed by atoms with E-state index in [9.17, 15) is 4.79 Å². The highest BCUT2D eigenvalue weighted by Gasteiger charge is 2.26. The van der Waals surface area contributed by atoms with Crippen molar-refractivity contribution in [1.29, 1.82) is 0 Å². The van der Waals surface area contributed by atoms with Crippen molar-refractivity contribution in [2.24, 2.45) is 0 Å². The quantitative estimate of drug-likeness (QED) is 0.604. The topological polar surface area (TPSA) is 41.4 Å². The van der Waals surface area contributed by atoms with Crippen molar-refractivity contribution in [3.05, 3.63) is 77.6 Å². The molecule has 0 radical (unpaired) electrons. The summed E-state index contributed by atoms with van der Waals surface area (Å²) in [6.07, 6.45) is 3.70. The van der Waals surface area contributed by atoms with Gasteiger partial charge in [-0.2, -0.15) is 0 Å². The SMILES string of the molecule is CSc1ncc(C(=O)N2CCN(Cc3ccccc3C)CC2)n1-c1ccccc1. The molecule has 0 aliphatic carbocycles. The number of amides is 1. The highest BCUT2D eigenvalue weighted by atomic mass is 32.2. The third-order valence-corrected chi connectivity index (χ3v) is 6.11. The number of aromatic nitrogens is 2. The second-order valence-electron chi connectivity index (χ2n) is 7.30. The van der Waals surface area contributed by atoms with Crippen LogP contribution in [0.2, 0.25) is 0 Å². The minimum absolute atomic E-state index is 0.0530. The molecule has 150 valence electrons. The van der Waals surface area contributed by atoms with Gasteiger partial charge in [0, 0.05) is 38.4 Å². The molecule has 1 amide bonds. The largest absolute Gasteiger partial charge is 0.335 e. The lowest BCUT2D eigenvalue weighted by Crippen LogP contribution is -2.48. The summed E-state index contributed by atoms with van der Waals surface area (Å²) in [5.41, 5.74) is 4.28. The lowest BCUT2D eigenvalue weighted by Gasteiger charge is -2.35. The Balaban J connectivity index is 1.47. The molecule has 1 aromatic heterocycles. The van der Waals surface area contributed by atoms with Gasteiger partial charge in [-0.05, 0) is 36.4 Å². The van der Waals surface area contributed by atoms with Gasteiger partial charge in [-0.3, -0.25) is 14.3 Å². The minimum Gasteiger partial charge on any atom is -0.335 e. The molecular formula is C23H26N4OS. The molecule has 3 aromatic rings. The zero-order valence-electron chi connectivity index (χ0n) is 16.9. The molecule has 0 saturated carbocycles. The molecule has 0 atom stereocenters. The van der Waals surface area contributed by atoms with Gasteiger partial charge in [-0.25, -0.2) is 4.98 Å². The number of piperazine rings is 1. The molecule has 1 aliphatic heterocycles. The molecule has 4 rings (SSSR count). The maximum absolute atomic E-state index is 13.3. The molecule has 1 fully saturated rings. The highest BCUT2D eigenvalue weighted by Crippen LogP contribution is 2.23. The lowest BCUT2D eigenvalue weighted by atomic mass is 10.1. The number of carbonyl (C=O) groups is 1. The highest BCUT2D eigenvalue weighted by molar-refractivity contribution is 7.98. The van der Waals surface area contributed by atoms with Crippen LogP contribution >= 0.6 is 11.8 Å². The van der Waals surface area contributed by atoms with Crippen LogP contribution in [0.4, 0.5) is 0 Å². The van der Waals surface area contributed by atoms with Crippen LogP contribution in [0.5, 0.6) is 0 Å². The van der Waals surface area contributed by atoms with E-state index >= 15 is 0 Å². The van der Waals surface area contributed by atoms with Crippen LogP contribution in [0.3, 0.4) is 0 Å². The predicted octanol–water partition coefficient (Wildman–Crippen LogP) is 3.86. The zero-order chi connectivity index (χ0) is 20.2. The summed E-state index contributed by atoms with van der Waals surface area (Å²) in [4.78, 5) is 22.1. The molecule has 0 unspecified atom stereocenters. The van der Waals surface area contributed by atoms with E-state index in [-0.39, 0.29) is 5.91 Å². The smallest absolute Gasteiger partial charge is 0.272 e. The number of nitrogens with zero attached hydrogens (tertiary/aromatic N) is 4. The average Bonchev–Trinajstić information content (AvgIpc) is 3.20. The molecule has 6 heteroatoms. The van der Waals surface area contributed by atoms with Crippen LogP contribution in [-0.4, -0.2) is 57.7 Å². The Morgan fingerprint density at radius 3 is 2.38 bits per heavy atom. The number of thioether (sulfide) groups is 1. The summed E-state index contributed by atoms with van der Waals surface area (Å²) in [5.74, 6) is 0.0530. The molecule has 0 N–H and O–H groups in total. The Labute approximate surface area is 176 Å². The van der Waals surface area contributed by atoms with E-state index in [4.69, 9.17) is 0 Å². The Hall–Kier alpha value is -2.57. The first kappa shape index (κ1) is 19.7. The summed E-state index contributed by atoms with van der Waals surface area (Å²) in [5, 5.41) is 0.831. The summed E-state index contributed by atoms with van der Waals surface area (Å²) < 4.78 is 1.96. The third kappa shape index (κ3) is 4.23. The molecule has 29 heavy (non-hydrogen) atoms. The Morgan fingerprint density at radius 1 is 1.00 bits per heavy atom. The van der Waals surface area contributed by atoms with Crippen LogP contribution in [0.15, 0.2) is 66.0 Å². The monoisotopic (exact) mass is 406 g/mol. The fraction of sp³-hybridized carbons (Fsp3) is 0.304. The van der Waals surface area contributed by atoms with Crippen molar-refractivity contribution in [2.45, 2.75) is 18.6 Å². The standard InChI is InChI=1S/C23H26N4OS/c1-18-8-6-7-9-19(18)17-25-12-14-26(15-13-25)22(28)21-16-24-23(29-2)27(21)20-10-4-3-5-11-20/h3-11,16H,12-15,17H2,1-2H3. The van der Waals surface area contributed by atoms with E-state index in [0.29, 0.717) is 5.69 Å². The van der Waals surface area contributed by atoms with Gasteiger partial charge in [0.05, 0.1) is 6.20 Å². The first-order valence-electron chi connectivity index (χ1n) is 9.90. The van der Waals surface area contributed by atoms with Crippen molar-refractivity contribution in [3.63, 3.8) is 0 Å². The number of aryl methyl sites for hydroxylation is 1. The average molecular weight is 407 g/mol. The molecule has 0 spiro atoms. The first-order chi connectivity index (χ1) is 14.2. The molecule has 0 bridgehead atoms. The first-order valence-corrected chi connectivity index (χ1v) is 11.1. The summed E-state index contributed by atoms with van der Waals surface area (Å²) in [6, 6.07) is 18.5. The predicted molar refractivity (Wildman–Crippen MR) is 118 cm³/mol. The fourth-order valence-corrected chi connectivity index (χ4v) is 4.30. The van der Waals surface area contributed by atoms with Gasteiger partial charge in [-0.1, -0.05) is 54.2 Å². The van der Waals surface area contributed by atoms with Crippen molar-refractivity contribution < 1.29 is 4.79 Å². The van der Waals surface area contributed by atoms with Crippen LogP contribution in [-0.2, 0) is 6.54 Å². The number of benzene rings is 2. The van der Waals surface area contributed by atoms with E-state index in [1.54, 1.807) is 18.0 Å². The van der Waals surface area contributed by atoms with Gasteiger partial charge in [-0.15, -0.1) is 0 Å². The van der Waals surface area contributed by atoms with Gasteiger partial charge >= 0.3 is 0 Å². The molecule has 1 saturated heterocycles. The van der Waals surface area contributed by atoms with Crippen molar-refractivity contribution >= 4 is 17.7 Å². The number of para-hydroxylation sites is 1. The Morgan fingerprint density at radius 2 is 1.69 bits per heavy atom. The summed E-state index contributed by atoms with van der Waals surface area (Å²) >= 11 is 1.55. The molecule has 5 nitrogen and oxygen atoms in total. The van der Waals surface area contributed by atoms with Crippen molar-refractivity contribution in [1.82, 2.24) is 19.4 Å². The van der Waals surface area contributed by atoms with E-state index in [2.05, 4.69) is 41.1 Å². The molecule has 2 heterocycles. The molecule has 1 aliphatic rings. The Bertz CT molecular complexity index is 978. The maximum Gasteiger partial charge on any atom is 0.272 e. The number of hydrogen-bond donors (Lipinski definition) is 0. The number of rotatable bonds is 5. The van der Waals surface area contributed by atoms with Crippen LogP contribution < -0.4 is 0 Å². The third-order valence-electron chi connectivity index (χ3n) is 5.46.